The first-order valence-corrected chi connectivity index (χ1v) is 9.70. The van der Waals surface area contributed by atoms with Gasteiger partial charge in [0.25, 0.3) is 0 Å². The zero-order valence-electron chi connectivity index (χ0n) is 12.3. The predicted octanol–water partition coefficient (Wildman–Crippen LogP) is 1.71. The van der Waals surface area contributed by atoms with Gasteiger partial charge in [-0.05, 0) is 17.7 Å². The molecule has 0 fully saturated rings. The summed E-state index contributed by atoms with van der Waals surface area (Å²) in [6.07, 6.45) is 1.67. The SMILES string of the molecule is COc1ccc(CSCCS(C)(=O)=O)cc1C#CCCO. The third-order valence-electron chi connectivity index (χ3n) is 2.59. The van der Waals surface area contributed by atoms with Crippen LogP contribution in [0.2, 0.25) is 0 Å². The first-order valence-electron chi connectivity index (χ1n) is 6.48. The topological polar surface area (TPSA) is 63.6 Å². The van der Waals surface area contributed by atoms with Crippen LogP contribution in [0.4, 0.5) is 0 Å². The minimum absolute atomic E-state index is 0.0380. The highest BCUT2D eigenvalue weighted by atomic mass is 32.2. The maximum absolute atomic E-state index is 11.1. The van der Waals surface area contributed by atoms with Gasteiger partial charge < -0.3 is 9.84 Å². The van der Waals surface area contributed by atoms with E-state index in [9.17, 15) is 8.42 Å². The molecule has 1 aromatic rings. The van der Waals surface area contributed by atoms with Crippen LogP contribution in [0.1, 0.15) is 17.5 Å². The van der Waals surface area contributed by atoms with Crippen LogP contribution in [0, 0.1) is 11.8 Å². The van der Waals surface area contributed by atoms with Crippen LogP contribution in [-0.2, 0) is 15.6 Å². The Morgan fingerprint density at radius 1 is 1.38 bits per heavy atom. The molecule has 1 rings (SSSR count). The van der Waals surface area contributed by atoms with Gasteiger partial charge in [0.1, 0.15) is 15.6 Å². The molecule has 0 unspecified atom stereocenters. The normalized spacial score (nSPS) is 10.8. The molecule has 0 aliphatic carbocycles. The lowest BCUT2D eigenvalue weighted by atomic mass is 10.1. The molecule has 0 bridgehead atoms. The molecule has 116 valence electrons. The molecule has 4 nitrogen and oxygen atoms in total. The first kappa shape index (κ1) is 17.9. The van der Waals surface area contributed by atoms with Crippen molar-refractivity contribution in [2.24, 2.45) is 0 Å². The van der Waals surface area contributed by atoms with Gasteiger partial charge in [0.05, 0.1) is 25.0 Å². The molecule has 0 heterocycles. The van der Waals surface area contributed by atoms with Gasteiger partial charge in [-0.3, -0.25) is 0 Å². The van der Waals surface area contributed by atoms with Crippen LogP contribution in [0.3, 0.4) is 0 Å². The largest absolute Gasteiger partial charge is 0.495 e. The highest BCUT2D eigenvalue weighted by Gasteiger charge is 2.04. The fourth-order valence-corrected chi connectivity index (χ4v) is 3.80. The van der Waals surface area contributed by atoms with Crippen LogP contribution in [0.25, 0.3) is 0 Å². The van der Waals surface area contributed by atoms with Crippen LogP contribution in [0.15, 0.2) is 18.2 Å². The number of aliphatic hydroxyl groups is 1. The van der Waals surface area contributed by atoms with Gasteiger partial charge in [-0.15, -0.1) is 0 Å². The minimum Gasteiger partial charge on any atom is -0.495 e. The number of sulfone groups is 1. The monoisotopic (exact) mass is 328 g/mol. The molecule has 0 saturated carbocycles. The van der Waals surface area contributed by atoms with Crippen LogP contribution >= 0.6 is 11.8 Å². The highest BCUT2D eigenvalue weighted by Crippen LogP contribution is 2.21. The predicted molar refractivity (Wildman–Crippen MR) is 87.4 cm³/mol. The van der Waals surface area contributed by atoms with Crippen molar-refractivity contribution in [3.8, 4) is 17.6 Å². The summed E-state index contributed by atoms with van der Waals surface area (Å²) in [6.45, 7) is 0.0380. The van der Waals surface area contributed by atoms with E-state index in [0.717, 1.165) is 16.9 Å². The molecule has 1 aromatic carbocycles. The van der Waals surface area contributed by atoms with Crippen LogP contribution in [-0.4, -0.2) is 45.0 Å². The Kier molecular flexibility index (Phi) is 7.65. The van der Waals surface area contributed by atoms with Crippen LogP contribution in [0.5, 0.6) is 5.75 Å². The van der Waals surface area contributed by atoms with Crippen molar-refractivity contribution in [1.82, 2.24) is 0 Å². The number of rotatable bonds is 7. The lowest BCUT2D eigenvalue weighted by Crippen LogP contribution is -2.05. The average Bonchev–Trinajstić information content (AvgIpc) is 2.43. The standard InChI is InChI=1S/C15H20O4S2/c1-19-15-7-6-13(11-14(15)5-3-4-8-16)12-20-9-10-21(2,17)18/h6-7,11,16H,4,8-10,12H2,1-2H3. The molecule has 0 aromatic heterocycles. The molecule has 0 radical (unpaired) electrons. The van der Waals surface area contributed by atoms with Crippen molar-refractivity contribution in [2.75, 3.05) is 31.5 Å². The average molecular weight is 328 g/mol. The zero-order valence-corrected chi connectivity index (χ0v) is 13.9. The molecule has 0 aliphatic rings. The molecule has 1 N–H and O–H groups in total. The van der Waals surface area contributed by atoms with Gasteiger partial charge in [0, 0.05) is 24.2 Å². The second kappa shape index (κ2) is 8.98. The van der Waals surface area contributed by atoms with Crippen molar-refractivity contribution in [2.45, 2.75) is 12.2 Å². The zero-order chi connectivity index (χ0) is 15.7. The fourth-order valence-electron chi connectivity index (χ4n) is 1.56. The van der Waals surface area contributed by atoms with E-state index in [1.165, 1.54) is 6.26 Å². The van der Waals surface area contributed by atoms with Gasteiger partial charge in [0.2, 0.25) is 0 Å². The van der Waals surface area contributed by atoms with E-state index in [4.69, 9.17) is 9.84 Å². The lowest BCUT2D eigenvalue weighted by molar-refractivity contribution is 0.305. The van der Waals surface area contributed by atoms with E-state index < -0.39 is 9.84 Å². The second-order valence-electron chi connectivity index (χ2n) is 4.49. The molecule has 0 aliphatic heterocycles. The number of benzene rings is 1. The lowest BCUT2D eigenvalue weighted by Gasteiger charge is -2.06. The van der Waals surface area contributed by atoms with Gasteiger partial charge >= 0.3 is 0 Å². The molecule has 0 spiro atoms. The van der Waals surface area contributed by atoms with E-state index in [1.807, 2.05) is 18.2 Å². The summed E-state index contributed by atoms with van der Waals surface area (Å²) in [4.78, 5) is 0. The van der Waals surface area contributed by atoms with Gasteiger partial charge in [-0.2, -0.15) is 11.8 Å². The second-order valence-corrected chi connectivity index (χ2v) is 7.86. The summed E-state index contributed by atoms with van der Waals surface area (Å²) >= 11 is 1.58. The van der Waals surface area contributed by atoms with E-state index in [2.05, 4.69) is 11.8 Å². The summed E-state index contributed by atoms with van der Waals surface area (Å²) in [5, 5.41) is 8.75. The quantitative estimate of drug-likeness (QED) is 0.610. The van der Waals surface area contributed by atoms with Crippen molar-refractivity contribution in [3.63, 3.8) is 0 Å². The van der Waals surface area contributed by atoms with Gasteiger partial charge in [0.15, 0.2) is 0 Å². The Bertz CT molecular complexity index is 612. The Balaban J connectivity index is 2.68. The Morgan fingerprint density at radius 3 is 2.76 bits per heavy atom. The number of methoxy groups -OCH3 is 1. The molecule has 0 saturated heterocycles. The first-order chi connectivity index (χ1) is 9.96. The number of ether oxygens (including phenoxy) is 1. The molecule has 21 heavy (non-hydrogen) atoms. The number of hydrogen-bond acceptors (Lipinski definition) is 5. The highest BCUT2D eigenvalue weighted by molar-refractivity contribution is 7.99. The van der Waals surface area contributed by atoms with Crippen molar-refractivity contribution in [1.29, 1.82) is 0 Å². The van der Waals surface area contributed by atoms with E-state index in [-0.39, 0.29) is 12.4 Å². The number of hydrogen-bond donors (Lipinski definition) is 1. The van der Waals surface area contributed by atoms with E-state index in [0.29, 0.717) is 17.9 Å². The molecule has 6 heteroatoms. The Hall–Kier alpha value is -1.16. The summed E-state index contributed by atoms with van der Waals surface area (Å²) < 4.78 is 27.4. The summed E-state index contributed by atoms with van der Waals surface area (Å²) in [5.74, 6) is 8.06. The fraction of sp³-hybridized carbons (Fsp3) is 0.467. The maximum Gasteiger partial charge on any atom is 0.148 e. The van der Waals surface area contributed by atoms with E-state index in [1.54, 1.807) is 18.9 Å². The Morgan fingerprint density at radius 2 is 2.14 bits per heavy atom. The maximum atomic E-state index is 11.1. The summed E-state index contributed by atoms with van der Waals surface area (Å²) in [6, 6.07) is 5.75. The molecule has 0 atom stereocenters. The van der Waals surface area contributed by atoms with Gasteiger partial charge in [-0.1, -0.05) is 17.9 Å². The van der Waals surface area contributed by atoms with Crippen molar-refractivity contribution < 1.29 is 18.3 Å². The number of thioether (sulfide) groups is 1. The third-order valence-corrected chi connectivity index (χ3v) is 4.83. The number of aliphatic hydroxyl groups excluding tert-OH is 1. The Labute approximate surface area is 130 Å². The van der Waals surface area contributed by atoms with Gasteiger partial charge in [-0.25, -0.2) is 8.42 Å². The van der Waals surface area contributed by atoms with Crippen LogP contribution < -0.4 is 4.74 Å². The summed E-state index contributed by atoms with van der Waals surface area (Å²) in [5.41, 5.74) is 1.86. The minimum atomic E-state index is -2.90. The van der Waals surface area contributed by atoms with Crippen molar-refractivity contribution >= 4 is 21.6 Å². The smallest absolute Gasteiger partial charge is 0.148 e. The molecular weight excluding hydrogens is 308 g/mol. The third kappa shape index (κ3) is 7.42. The van der Waals surface area contributed by atoms with E-state index >= 15 is 0 Å². The van der Waals surface area contributed by atoms with Crippen molar-refractivity contribution in [3.05, 3.63) is 29.3 Å². The molecular formula is C15H20O4S2. The molecule has 0 amide bonds. The summed E-state index contributed by atoms with van der Waals surface area (Å²) in [7, 11) is -1.31.